The molecule has 0 saturated heterocycles. The number of ether oxygens (including phenoxy) is 1. The number of hydrogen-bond donors (Lipinski definition) is 1. The van der Waals surface area contributed by atoms with Crippen LogP contribution in [0.1, 0.15) is 32.9 Å². The van der Waals surface area contributed by atoms with Gasteiger partial charge in [-0.1, -0.05) is 25.4 Å². The lowest BCUT2D eigenvalue weighted by atomic mass is 9.93. The topological polar surface area (TPSA) is 65.4 Å². The SMILES string of the molecule is CC(C)CC(C)(N)COc1ccc(-c2ccnc3cc(C(F)(F)F)nn23)cc1Cl. The monoisotopic (exact) mass is 426 g/mol. The molecule has 29 heavy (non-hydrogen) atoms. The van der Waals surface area contributed by atoms with Gasteiger partial charge < -0.3 is 10.5 Å². The fourth-order valence-electron chi connectivity index (χ4n) is 3.26. The highest BCUT2D eigenvalue weighted by atomic mass is 35.5. The second kappa shape index (κ2) is 7.84. The van der Waals surface area contributed by atoms with Crippen molar-refractivity contribution in [3.05, 3.63) is 47.2 Å². The molecule has 1 unspecified atom stereocenters. The van der Waals surface area contributed by atoms with Crippen LogP contribution in [-0.4, -0.2) is 26.7 Å². The summed E-state index contributed by atoms with van der Waals surface area (Å²) in [7, 11) is 0. The average molecular weight is 427 g/mol. The van der Waals surface area contributed by atoms with Crippen molar-refractivity contribution in [2.24, 2.45) is 11.7 Å². The molecule has 2 aromatic heterocycles. The third-order valence-corrected chi connectivity index (χ3v) is 4.60. The lowest BCUT2D eigenvalue weighted by molar-refractivity contribution is -0.141. The molecule has 0 aliphatic carbocycles. The van der Waals surface area contributed by atoms with Crippen LogP contribution in [0.15, 0.2) is 36.5 Å². The highest BCUT2D eigenvalue weighted by Gasteiger charge is 2.34. The van der Waals surface area contributed by atoms with Crippen LogP contribution in [0.5, 0.6) is 5.75 Å². The van der Waals surface area contributed by atoms with Gasteiger partial charge in [-0.05, 0) is 43.5 Å². The van der Waals surface area contributed by atoms with Gasteiger partial charge in [0.15, 0.2) is 11.3 Å². The first-order valence-electron chi connectivity index (χ1n) is 9.10. The molecule has 0 amide bonds. The Labute approximate surface area is 171 Å². The van der Waals surface area contributed by atoms with Gasteiger partial charge in [-0.3, -0.25) is 0 Å². The van der Waals surface area contributed by atoms with Gasteiger partial charge in [-0.15, -0.1) is 0 Å². The quantitative estimate of drug-likeness (QED) is 0.587. The molecule has 0 bridgehead atoms. The fourth-order valence-corrected chi connectivity index (χ4v) is 3.50. The molecule has 3 rings (SSSR count). The van der Waals surface area contributed by atoms with Gasteiger partial charge in [-0.25, -0.2) is 9.50 Å². The van der Waals surface area contributed by atoms with E-state index in [9.17, 15) is 13.2 Å². The largest absolute Gasteiger partial charge is 0.490 e. The molecule has 2 heterocycles. The zero-order valence-electron chi connectivity index (χ0n) is 16.3. The van der Waals surface area contributed by atoms with E-state index < -0.39 is 17.4 Å². The van der Waals surface area contributed by atoms with Crippen LogP contribution >= 0.6 is 11.6 Å². The molecule has 0 radical (unpaired) electrons. The Morgan fingerprint density at radius 2 is 1.93 bits per heavy atom. The van der Waals surface area contributed by atoms with Crippen molar-refractivity contribution in [3.63, 3.8) is 0 Å². The number of hydrogen-bond acceptors (Lipinski definition) is 4. The number of rotatable bonds is 6. The molecule has 2 N–H and O–H groups in total. The zero-order chi connectivity index (χ0) is 21.4. The molecule has 0 aliphatic rings. The molecule has 0 aliphatic heterocycles. The van der Waals surface area contributed by atoms with E-state index in [1.165, 1.54) is 6.20 Å². The maximum Gasteiger partial charge on any atom is 0.435 e. The minimum absolute atomic E-state index is 0.0962. The van der Waals surface area contributed by atoms with Gasteiger partial charge in [-0.2, -0.15) is 18.3 Å². The van der Waals surface area contributed by atoms with Crippen LogP contribution < -0.4 is 10.5 Å². The van der Waals surface area contributed by atoms with Crippen molar-refractivity contribution in [2.75, 3.05) is 6.61 Å². The Bertz CT molecular complexity index is 1010. The van der Waals surface area contributed by atoms with Gasteiger partial charge in [0.05, 0.1) is 10.7 Å². The second-order valence-corrected chi connectivity index (χ2v) is 8.22. The third kappa shape index (κ3) is 5.00. The third-order valence-electron chi connectivity index (χ3n) is 4.31. The van der Waals surface area contributed by atoms with Gasteiger partial charge in [0.2, 0.25) is 0 Å². The Hall–Kier alpha value is -2.32. The summed E-state index contributed by atoms with van der Waals surface area (Å²) >= 11 is 6.35. The Morgan fingerprint density at radius 3 is 2.55 bits per heavy atom. The maximum absolute atomic E-state index is 13.0. The highest BCUT2D eigenvalue weighted by Crippen LogP contribution is 2.33. The molecule has 5 nitrogen and oxygen atoms in total. The molecular formula is C20H22ClF3N4O. The number of halogens is 4. The van der Waals surface area contributed by atoms with Gasteiger partial charge >= 0.3 is 6.18 Å². The molecule has 156 valence electrons. The van der Waals surface area contributed by atoms with Crippen molar-refractivity contribution in [1.29, 1.82) is 0 Å². The summed E-state index contributed by atoms with van der Waals surface area (Å²) in [6.45, 7) is 6.38. The van der Waals surface area contributed by atoms with E-state index in [1.54, 1.807) is 24.3 Å². The highest BCUT2D eigenvalue weighted by molar-refractivity contribution is 6.32. The summed E-state index contributed by atoms with van der Waals surface area (Å²) in [5, 5.41) is 3.98. The Balaban J connectivity index is 1.88. The average Bonchev–Trinajstić information content (AvgIpc) is 3.04. The summed E-state index contributed by atoms with van der Waals surface area (Å²) < 4.78 is 45.9. The van der Waals surface area contributed by atoms with Crippen LogP contribution in [0.2, 0.25) is 5.02 Å². The smallest absolute Gasteiger partial charge is 0.435 e. The molecule has 1 aromatic carbocycles. The number of benzene rings is 1. The lowest BCUT2D eigenvalue weighted by Crippen LogP contribution is -2.43. The van der Waals surface area contributed by atoms with Crippen molar-refractivity contribution in [3.8, 4) is 17.0 Å². The van der Waals surface area contributed by atoms with E-state index in [0.29, 0.717) is 27.9 Å². The van der Waals surface area contributed by atoms with Gasteiger partial charge in [0, 0.05) is 23.4 Å². The Morgan fingerprint density at radius 1 is 1.21 bits per heavy atom. The molecule has 0 saturated carbocycles. The number of alkyl halides is 3. The summed E-state index contributed by atoms with van der Waals surface area (Å²) in [5.41, 5.74) is 5.87. The molecule has 9 heteroatoms. The summed E-state index contributed by atoms with van der Waals surface area (Å²) in [6, 6.07) is 7.48. The van der Waals surface area contributed by atoms with Crippen LogP contribution in [0.3, 0.4) is 0 Å². The summed E-state index contributed by atoms with van der Waals surface area (Å²) in [6.07, 6.45) is -2.33. The number of aromatic nitrogens is 3. The van der Waals surface area contributed by atoms with E-state index in [2.05, 4.69) is 23.9 Å². The number of nitrogens with zero attached hydrogens (tertiary/aromatic N) is 3. The van der Waals surface area contributed by atoms with E-state index in [-0.39, 0.29) is 12.3 Å². The molecule has 3 aromatic rings. The zero-order valence-corrected chi connectivity index (χ0v) is 17.1. The van der Waals surface area contributed by atoms with Crippen molar-refractivity contribution < 1.29 is 17.9 Å². The molecule has 0 spiro atoms. The van der Waals surface area contributed by atoms with Crippen LogP contribution in [0, 0.1) is 5.92 Å². The van der Waals surface area contributed by atoms with Crippen LogP contribution in [-0.2, 0) is 6.18 Å². The van der Waals surface area contributed by atoms with E-state index in [1.807, 2.05) is 6.92 Å². The van der Waals surface area contributed by atoms with E-state index in [0.717, 1.165) is 17.0 Å². The van der Waals surface area contributed by atoms with Gasteiger partial charge in [0.1, 0.15) is 12.4 Å². The van der Waals surface area contributed by atoms with Crippen molar-refractivity contribution >= 4 is 17.2 Å². The minimum Gasteiger partial charge on any atom is -0.490 e. The van der Waals surface area contributed by atoms with E-state index >= 15 is 0 Å². The first kappa shape index (κ1) is 21.4. The molecule has 0 fully saturated rings. The van der Waals surface area contributed by atoms with Crippen molar-refractivity contribution in [1.82, 2.24) is 14.6 Å². The molecular weight excluding hydrogens is 405 g/mol. The first-order valence-corrected chi connectivity index (χ1v) is 9.48. The lowest BCUT2D eigenvalue weighted by Gasteiger charge is -2.26. The number of nitrogens with two attached hydrogens (primary N) is 1. The van der Waals surface area contributed by atoms with Gasteiger partial charge in [0.25, 0.3) is 0 Å². The normalized spacial score (nSPS) is 14.4. The van der Waals surface area contributed by atoms with Crippen LogP contribution in [0.4, 0.5) is 13.2 Å². The fraction of sp³-hybridized carbons (Fsp3) is 0.400. The Kier molecular flexibility index (Phi) is 5.78. The number of fused-ring (bicyclic) bond motifs is 1. The van der Waals surface area contributed by atoms with E-state index in [4.69, 9.17) is 22.1 Å². The molecule has 1 atom stereocenters. The first-order chi connectivity index (χ1) is 13.5. The maximum atomic E-state index is 13.0. The predicted molar refractivity (Wildman–Crippen MR) is 106 cm³/mol. The second-order valence-electron chi connectivity index (χ2n) is 7.81. The standard InChI is InChI=1S/C20H22ClF3N4O/c1-12(2)10-19(3,25)11-29-16-5-4-13(8-14(16)21)15-6-7-26-18-9-17(20(22,23)24)27-28(15)18/h4-9,12H,10-11,25H2,1-3H3. The van der Waals surface area contributed by atoms with Crippen molar-refractivity contribution in [2.45, 2.75) is 38.9 Å². The minimum atomic E-state index is -4.55. The summed E-state index contributed by atoms with van der Waals surface area (Å²) in [4.78, 5) is 3.95. The summed E-state index contributed by atoms with van der Waals surface area (Å²) in [5.74, 6) is 0.883. The predicted octanol–water partition coefficient (Wildman–Crippen LogP) is 5.21. The van der Waals surface area contributed by atoms with Crippen LogP contribution in [0.25, 0.3) is 16.9 Å².